The Balaban J connectivity index is 1.72. The number of nitrogens with one attached hydrogen (secondary N) is 3. The van der Waals surface area contributed by atoms with Crippen molar-refractivity contribution in [2.24, 2.45) is 0 Å². The van der Waals surface area contributed by atoms with E-state index in [1.807, 2.05) is 0 Å². The third-order valence-electron chi connectivity index (χ3n) is 3.78. The van der Waals surface area contributed by atoms with Crippen molar-refractivity contribution < 1.29 is 17.6 Å². The summed E-state index contributed by atoms with van der Waals surface area (Å²) in [6.45, 7) is 0. The van der Waals surface area contributed by atoms with E-state index in [1.165, 1.54) is 35.8 Å². The van der Waals surface area contributed by atoms with Gasteiger partial charge in [0.05, 0.1) is 22.5 Å². The minimum absolute atomic E-state index is 0.201. The second kappa shape index (κ2) is 7.70. The van der Waals surface area contributed by atoms with Crippen LogP contribution in [0.4, 0.5) is 11.4 Å². The predicted molar refractivity (Wildman–Crippen MR) is 112 cm³/mol. The number of aromatic amines is 1. The molecule has 0 aliphatic carbocycles. The second-order valence-corrected chi connectivity index (χ2v) is 9.23. The average Bonchev–Trinajstić information content (AvgIpc) is 3.43. The summed E-state index contributed by atoms with van der Waals surface area (Å²) in [6, 6.07) is 10.9. The Hall–Kier alpha value is -3.15. The van der Waals surface area contributed by atoms with Gasteiger partial charge in [0.1, 0.15) is 0 Å². The summed E-state index contributed by atoms with van der Waals surface area (Å²) >= 11 is 2.27. The Morgan fingerprint density at radius 1 is 1.07 bits per heavy atom. The molecule has 1 aromatic carbocycles. The van der Waals surface area contributed by atoms with E-state index in [2.05, 4.69) is 15.0 Å². The van der Waals surface area contributed by atoms with Crippen molar-refractivity contribution in [2.75, 3.05) is 10.0 Å². The number of anilines is 2. The second-order valence-electron chi connectivity index (χ2n) is 5.83. The van der Waals surface area contributed by atoms with Crippen molar-refractivity contribution in [1.29, 1.82) is 0 Å². The van der Waals surface area contributed by atoms with Gasteiger partial charge in [0.25, 0.3) is 15.9 Å². The average molecular weight is 448 g/mol. The Morgan fingerprint density at radius 3 is 2.55 bits per heavy atom. The molecule has 0 radical (unpaired) electrons. The standard InChI is InChI=1S/C18H13N3O5S3/c22-17(15-3-2-6-27-15)19-12-7-11(14-10-28-18(23)20-14)8-13(9-12)21-29(24,25)16-4-1-5-26-16/h1-10,21H,(H,19,22)(H,20,23). The SMILES string of the molecule is O=C(Nc1cc(NS(=O)(=O)c2ccco2)cc(-c2csc(=O)[nH]2)c1)c1cccs1. The molecular formula is C18H13N3O5S3. The number of thiazole rings is 1. The molecule has 0 unspecified atom stereocenters. The minimum atomic E-state index is -3.95. The van der Waals surface area contributed by atoms with Gasteiger partial charge in [0.15, 0.2) is 0 Å². The molecule has 3 heterocycles. The first-order valence-corrected chi connectivity index (χ1v) is 11.4. The van der Waals surface area contributed by atoms with Gasteiger partial charge in [-0.05, 0) is 41.8 Å². The summed E-state index contributed by atoms with van der Waals surface area (Å²) in [5.41, 5.74) is 1.60. The Labute approximate surface area is 172 Å². The number of carbonyl (C=O) groups excluding carboxylic acids is 1. The molecular weight excluding hydrogens is 434 g/mol. The van der Waals surface area contributed by atoms with Crippen LogP contribution in [-0.2, 0) is 10.0 Å². The van der Waals surface area contributed by atoms with Crippen molar-refractivity contribution in [1.82, 2.24) is 4.98 Å². The molecule has 0 aliphatic heterocycles. The molecule has 3 aromatic heterocycles. The molecule has 0 fully saturated rings. The first-order valence-electron chi connectivity index (χ1n) is 8.15. The first-order chi connectivity index (χ1) is 13.9. The maximum atomic E-state index is 12.5. The number of aromatic nitrogens is 1. The number of H-pyrrole nitrogens is 1. The van der Waals surface area contributed by atoms with Crippen LogP contribution in [0, 0.1) is 0 Å². The number of hydrogen-bond donors (Lipinski definition) is 3. The molecule has 0 aliphatic rings. The van der Waals surface area contributed by atoms with Crippen LogP contribution in [0.5, 0.6) is 0 Å². The smallest absolute Gasteiger partial charge is 0.304 e. The van der Waals surface area contributed by atoms with E-state index in [0.29, 0.717) is 21.8 Å². The monoisotopic (exact) mass is 447 g/mol. The van der Waals surface area contributed by atoms with Crippen molar-refractivity contribution in [3.8, 4) is 11.3 Å². The summed E-state index contributed by atoms with van der Waals surface area (Å²) < 4.78 is 32.4. The highest BCUT2D eigenvalue weighted by atomic mass is 32.2. The Morgan fingerprint density at radius 2 is 1.90 bits per heavy atom. The van der Waals surface area contributed by atoms with Gasteiger partial charge < -0.3 is 14.7 Å². The maximum absolute atomic E-state index is 12.5. The van der Waals surface area contributed by atoms with E-state index in [1.54, 1.807) is 35.0 Å². The number of benzene rings is 1. The minimum Gasteiger partial charge on any atom is -0.451 e. The highest BCUT2D eigenvalue weighted by molar-refractivity contribution is 7.92. The number of hydrogen-bond acceptors (Lipinski definition) is 7. The van der Waals surface area contributed by atoms with E-state index in [-0.39, 0.29) is 21.6 Å². The van der Waals surface area contributed by atoms with Crippen LogP contribution in [-0.4, -0.2) is 19.3 Å². The highest BCUT2D eigenvalue weighted by Gasteiger charge is 2.19. The molecule has 3 N–H and O–H groups in total. The lowest BCUT2D eigenvalue weighted by Gasteiger charge is -2.11. The van der Waals surface area contributed by atoms with Crippen molar-refractivity contribution >= 4 is 50.0 Å². The zero-order valence-electron chi connectivity index (χ0n) is 14.5. The third kappa shape index (κ3) is 4.31. The predicted octanol–water partition coefficient (Wildman–Crippen LogP) is 3.81. The zero-order valence-corrected chi connectivity index (χ0v) is 17.0. The third-order valence-corrected chi connectivity index (χ3v) is 6.58. The van der Waals surface area contributed by atoms with Gasteiger partial charge in [-0.1, -0.05) is 17.4 Å². The van der Waals surface area contributed by atoms with Crippen molar-refractivity contribution in [3.05, 3.63) is 74.0 Å². The van der Waals surface area contributed by atoms with Gasteiger partial charge in [-0.2, -0.15) is 8.42 Å². The van der Waals surface area contributed by atoms with E-state index >= 15 is 0 Å². The van der Waals surface area contributed by atoms with Crippen LogP contribution < -0.4 is 14.9 Å². The van der Waals surface area contributed by atoms with Crippen molar-refractivity contribution in [2.45, 2.75) is 5.09 Å². The molecule has 0 spiro atoms. The van der Waals surface area contributed by atoms with Crippen LogP contribution in [0.2, 0.25) is 0 Å². The summed E-state index contributed by atoms with van der Waals surface area (Å²) in [6.07, 6.45) is 1.26. The Bertz CT molecular complexity index is 1300. The number of furan rings is 1. The van der Waals surface area contributed by atoms with E-state index < -0.39 is 10.0 Å². The number of carbonyl (C=O) groups is 1. The summed E-state index contributed by atoms with van der Waals surface area (Å²) in [4.78, 5) is 26.9. The number of thiophene rings is 1. The number of sulfonamides is 1. The molecule has 148 valence electrons. The first kappa shape index (κ1) is 19.2. The van der Waals surface area contributed by atoms with Gasteiger partial charge >= 0.3 is 4.87 Å². The van der Waals surface area contributed by atoms with Crippen LogP contribution >= 0.6 is 22.7 Å². The van der Waals surface area contributed by atoms with Gasteiger partial charge in [-0.15, -0.1) is 11.3 Å². The Kier molecular flexibility index (Phi) is 5.09. The topological polar surface area (TPSA) is 121 Å². The molecule has 4 aromatic rings. The quantitative estimate of drug-likeness (QED) is 0.415. The fourth-order valence-electron chi connectivity index (χ4n) is 2.56. The lowest BCUT2D eigenvalue weighted by molar-refractivity contribution is 0.103. The lowest BCUT2D eigenvalue weighted by atomic mass is 10.1. The molecule has 0 atom stereocenters. The molecule has 8 nitrogen and oxygen atoms in total. The fraction of sp³-hybridized carbons (Fsp3) is 0. The zero-order chi connectivity index (χ0) is 20.4. The van der Waals surface area contributed by atoms with Crippen molar-refractivity contribution in [3.63, 3.8) is 0 Å². The molecule has 4 rings (SSSR count). The van der Waals surface area contributed by atoms with Crippen LogP contribution in [0.1, 0.15) is 9.67 Å². The molecule has 29 heavy (non-hydrogen) atoms. The summed E-state index contributed by atoms with van der Waals surface area (Å²) in [7, 11) is -3.95. The summed E-state index contributed by atoms with van der Waals surface area (Å²) in [5, 5.41) is 5.91. The largest absolute Gasteiger partial charge is 0.451 e. The van der Waals surface area contributed by atoms with Crippen LogP contribution in [0.3, 0.4) is 0 Å². The van der Waals surface area contributed by atoms with Gasteiger partial charge in [0.2, 0.25) is 5.09 Å². The molecule has 0 bridgehead atoms. The van der Waals surface area contributed by atoms with E-state index in [9.17, 15) is 18.0 Å². The van der Waals surface area contributed by atoms with Crippen LogP contribution in [0.15, 0.2) is 73.8 Å². The normalized spacial score (nSPS) is 11.3. The fourth-order valence-corrected chi connectivity index (χ4v) is 4.73. The lowest BCUT2D eigenvalue weighted by Crippen LogP contribution is -2.14. The highest BCUT2D eigenvalue weighted by Crippen LogP contribution is 2.28. The molecule has 1 amide bonds. The molecule has 0 saturated heterocycles. The van der Waals surface area contributed by atoms with E-state index in [0.717, 1.165) is 11.3 Å². The van der Waals surface area contributed by atoms with Gasteiger partial charge in [-0.3, -0.25) is 14.3 Å². The summed E-state index contributed by atoms with van der Waals surface area (Å²) in [5.74, 6) is -0.323. The van der Waals surface area contributed by atoms with Gasteiger partial charge in [-0.25, -0.2) is 0 Å². The molecule has 11 heteroatoms. The van der Waals surface area contributed by atoms with Gasteiger partial charge in [0, 0.05) is 16.6 Å². The number of rotatable bonds is 6. The van der Waals surface area contributed by atoms with Crippen LogP contribution in [0.25, 0.3) is 11.3 Å². The number of amides is 1. The molecule has 0 saturated carbocycles. The maximum Gasteiger partial charge on any atom is 0.304 e. The van der Waals surface area contributed by atoms with E-state index in [4.69, 9.17) is 4.42 Å².